The molecule has 2 aliphatic rings. The number of carbonyl (C=O) groups excluding carboxylic acids is 1. The van der Waals surface area contributed by atoms with Crippen LogP contribution < -0.4 is 15.5 Å². The Morgan fingerprint density at radius 2 is 1.39 bits per heavy atom. The number of fused-ring (bicyclic) bond motifs is 1. The Kier molecular flexibility index (Phi) is 8.39. The zero-order chi connectivity index (χ0) is 26.6. The second kappa shape index (κ2) is 11.9. The summed E-state index contributed by atoms with van der Waals surface area (Å²) in [5.74, 6) is 1.34. The van der Waals surface area contributed by atoms with E-state index in [2.05, 4.69) is 29.6 Å². The quantitative estimate of drug-likeness (QED) is 0.355. The van der Waals surface area contributed by atoms with E-state index in [4.69, 9.17) is 33.2 Å². The van der Waals surface area contributed by atoms with Crippen molar-refractivity contribution < 1.29 is 4.79 Å². The third-order valence-electron chi connectivity index (χ3n) is 7.66. The Labute approximate surface area is 235 Å². The van der Waals surface area contributed by atoms with E-state index in [9.17, 15) is 4.79 Å². The van der Waals surface area contributed by atoms with Gasteiger partial charge in [-0.25, -0.2) is 4.98 Å². The highest BCUT2D eigenvalue weighted by Gasteiger charge is 2.28. The maximum Gasteiger partial charge on any atom is 0.232 e. The zero-order valence-corrected chi connectivity index (χ0v) is 23.5. The molecule has 1 saturated carbocycles. The van der Waals surface area contributed by atoms with Gasteiger partial charge in [0.25, 0.3) is 0 Å². The Bertz CT molecular complexity index is 1210. The van der Waals surface area contributed by atoms with Gasteiger partial charge in [-0.3, -0.25) is 4.79 Å². The zero-order valence-electron chi connectivity index (χ0n) is 22.0. The molecule has 0 bridgehead atoms. The van der Waals surface area contributed by atoms with Crippen LogP contribution >= 0.6 is 23.2 Å². The maximum atomic E-state index is 13.6. The Morgan fingerprint density at radius 3 is 1.97 bits per heavy atom. The number of hydrogen-bond donors (Lipinski definition) is 2. The maximum absolute atomic E-state index is 13.6. The highest BCUT2D eigenvalue weighted by atomic mass is 35.5. The lowest BCUT2D eigenvalue weighted by atomic mass is 9.88. The summed E-state index contributed by atoms with van der Waals surface area (Å²) in [5.41, 5.74) is 4.31. The van der Waals surface area contributed by atoms with Crippen LogP contribution in [0.2, 0.25) is 10.0 Å². The number of hydrogen-bond acceptors (Lipinski definition) is 5. The van der Waals surface area contributed by atoms with Gasteiger partial charge in [0.15, 0.2) is 0 Å². The van der Waals surface area contributed by atoms with E-state index in [1.54, 1.807) is 0 Å². The van der Waals surface area contributed by atoms with Crippen LogP contribution in [0.5, 0.6) is 0 Å². The van der Waals surface area contributed by atoms with Gasteiger partial charge < -0.3 is 15.5 Å². The smallest absolute Gasteiger partial charge is 0.232 e. The summed E-state index contributed by atoms with van der Waals surface area (Å²) < 4.78 is 0. The molecule has 1 heterocycles. The van der Waals surface area contributed by atoms with E-state index in [1.165, 1.54) is 24.1 Å². The summed E-state index contributed by atoms with van der Waals surface area (Å²) in [6, 6.07) is 15.4. The van der Waals surface area contributed by atoms with Gasteiger partial charge in [-0.05, 0) is 86.8 Å². The first-order chi connectivity index (χ1) is 18.4. The highest BCUT2D eigenvalue weighted by molar-refractivity contribution is 6.30. The molecule has 2 N–H and O–H groups in total. The third kappa shape index (κ3) is 6.24. The third-order valence-corrected chi connectivity index (χ3v) is 8.16. The van der Waals surface area contributed by atoms with Crippen molar-refractivity contribution in [2.45, 2.75) is 69.4 Å². The van der Waals surface area contributed by atoms with Crippen LogP contribution in [0, 0.1) is 0 Å². The molecule has 0 atom stereocenters. The van der Waals surface area contributed by atoms with Crippen LogP contribution in [0.15, 0.2) is 48.5 Å². The SMILES string of the molecule is CN(C)c1nc(NC2CCC(NC(=O)C(c3ccc(Cl)cc3)c3ccc(Cl)cc3)CC2)nc2c1CCCC2. The number of nitrogens with zero attached hydrogens (tertiary/aromatic N) is 3. The van der Waals surface area contributed by atoms with Crippen molar-refractivity contribution in [3.63, 3.8) is 0 Å². The molecule has 3 aromatic rings. The minimum absolute atomic E-state index is 0.000278. The van der Waals surface area contributed by atoms with Crippen molar-refractivity contribution in [1.29, 1.82) is 0 Å². The monoisotopic (exact) mass is 551 g/mol. The van der Waals surface area contributed by atoms with Gasteiger partial charge in [0.1, 0.15) is 5.82 Å². The molecule has 2 aromatic carbocycles. The molecule has 1 aromatic heterocycles. The van der Waals surface area contributed by atoms with Crippen molar-refractivity contribution >= 4 is 40.9 Å². The van der Waals surface area contributed by atoms with E-state index in [1.807, 2.05) is 48.5 Å². The number of carbonyl (C=O) groups is 1. The standard InChI is InChI=1S/C30H35Cl2N5O/c1-37(2)28-25-5-3-4-6-26(25)35-30(36-28)34-24-17-15-23(16-18-24)33-29(38)27(19-7-11-21(31)12-8-19)20-9-13-22(32)14-10-20/h7-14,23-24,27H,3-6,15-18H2,1-2H3,(H,33,38)(H,34,35,36). The molecule has 5 rings (SSSR count). The van der Waals surface area contributed by atoms with Crippen LogP contribution in [-0.2, 0) is 17.6 Å². The van der Waals surface area contributed by atoms with Gasteiger partial charge in [0, 0.05) is 41.8 Å². The second-order valence-electron chi connectivity index (χ2n) is 10.6. The summed E-state index contributed by atoms with van der Waals surface area (Å²) >= 11 is 12.2. The molecular formula is C30H35Cl2N5O. The number of benzene rings is 2. The molecule has 0 saturated heterocycles. The molecular weight excluding hydrogens is 517 g/mol. The van der Waals surface area contributed by atoms with Gasteiger partial charge in [-0.2, -0.15) is 4.98 Å². The van der Waals surface area contributed by atoms with Gasteiger partial charge in [0.2, 0.25) is 11.9 Å². The van der Waals surface area contributed by atoms with Crippen molar-refractivity contribution in [2.24, 2.45) is 0 Å². The van der Waals surface area contributed by atoms with Crippen molar-refractivity contribution in [3.8, 4) is 0 Å². The normalized spacial score (nSPS) is 19.1. The molecule has 0 radical (unpaired) electrons. The molecule has 1 fully saturated rings. The Morgan fingerprint density at radius 1 is 0.842 bits per heavy atom. The second-order valence-corrected chi connectivity index (χ2v) is 11.5. The predicted molar refractivity (Wildman–Crippen MR) is 156 cm³/mol. The number of amides is 1. The molecule has 1 amide bonds. The molecule has 8 heteroatoms. The lowest BCUT2D eigenvalue weighted by Gasteiger charge is -2.31. The van der Waals surface area contributed by atoms with Gasteiger partial charge in [-0.15, -0.1) is 0 Å². The average molecular weight is 553 g/mol. The van der Waals surface area contributed by atoms with E-state index < -0.39 is 5.92 Å². The highest BCUT2D eigenvalue weighted by Crippen LogP contribution is 2.31. The van der Waals surface area contributed by atoms with E-state index >= 15 is 0 Å². The van der Waals surface area contributed by atoms with E-state index in [0.29, 0.717) is 16.1 Å². The minimum atomic E-state index is -0.422. The van der Waals surface area contributed by atoms with Gasteiger partial charge in [0.05, 0.1) is 11.6 Å². The van der Waals surface area contributed by atoms with Crippen LogP contribution in [0.1, 0.15) is 66.8 Å². The van der Waals surface area contributed by atoms with Crippen LogP contribution in [-0.4, -0.2) is 42.1 Å². The largest absolute Gasteiger partial charge is 0.362 e. The van der Waals surface area contributed by atoms with E-state index in [-0.39, 0.29) is 11.9 Å². The molecule has 38 heavy (non-hydrogen) atoms. The fourth-order valence-electron chi connectivity index (χ4n) is 5.66. The van der Waals surface area contributed by atoms with Crippen molar-refractivity contribution in [2.75, 3.05) is 24.3 Å². The number of aromatic nitrogens is 2. The summed E-state index contributed by atoms with van der Waals surface area (Å²) in [6.07, 6.45) is 8.19. The number of halogens is 2. The predicted octanol–water partition coefficient (Wildman–Crippen LogP) is 6.40. The number of rotatable bonds is 7. The summed E-state index contributed by atoms with van der Waals surface area (Å²) in [5, 5.41) is 8.22. The van der Waals surface area contributed by atoms with Crippen molar-refractivity contribution in [1.82, 2.24) is 15.3 Å². The first-order valence-electron chi connectivity index (χ1n) is 13.5. The molecule has 6 nitrogen and oxygen atoms in total. The summed E-state index contributed by atoms with van der Waals surface area (Å²) in [6.45, 7) is 0. The minimum Gasteiger partial charge on any atom is -0.362 e. The fraction of sp³-hybridized carbons (Fsp3) is 0.433. The van der Waals surface area contributed by atoms with E-state index in [0.717, 1.165) is 61.4 Å². The molecule has 0 aliphatic heterocycles. The lowest BCUT2D eigenvalue weighted by molar-refractivity contribution is -0.122. The Balaban J connectivity index is 1.23. The molecule has 2 aliphatic carbocycles. The number of anilines is 2. The first kappa shape index (κ1) is 26.8. The first-order valence-corrected chi connectivity index (χ1v) is 14.3. The van der Waals surface area contributed by atoms with Crippen LogP contribution in [0.25, 0.3) is 0 Å². The van der Waals surface area contributed by atoms with Crippen molar-refractivity contribution in [3.05, 3.63) is 81.0 Å². The molecule has 0 unspecified atom stereocenters. The summed E-state index contributed by atoms with van der Waals surface area (Å²) in [4.78, 5) is 25.4. The van der Waals surface area contributed by atoms with Gasteiger partial charge >= 0.3 is 0 Å². The van der Waals surface area contributed by atoms with Crippen LogP contribution in [0.4, 0.5) is 11.8 Å². The molecule has 0 spiro atoms. The molecule has 200 valence electrons. The summed E-state index contributed by atoms with van der Waals surface area (Å²) in [7, 11) is 4.10. The number of nitrogens with one attached hydrogen (secondary N) is 2. The topological polar surface area (TPSA) is 70.2 Å². The van der Waals surface area contributed by atoms with Crippen LogP contribution in [0.3, 0.4) is 0 Å². The lowest BCUT2D eigenvalue weighted by Crippen LogP contribution is -2.42. The number of aryl methyl sites for hydroxylation is 1. The Hall–Kier alpha value is -2.83. The van der Waals surface area contributed by atoms with Gasteiger partial charge in [-0.1, -0.05) is 47.5 Å². The fourth-order valence-corrected chi connectivity index (χ4v) is 5.92. The average Bonchev–Trinajstić information content (AvgIpc) is 2.91.